The highest BCUT2D eigenvalue weighted by Gasteiger charge is 2.62. The molecule has 8 atom stereocenters. The first-order chi connectivity index (χ1) is 17.2. The van der Waals surface area contributed by atoms with Gasteiger partial charge in [0, 0.05) is 25.3 Å². The molecule has 0 saturated heterocycles. The molecule has 4 nitrogen and oxygen atoms in total. The Labute approximate surface area is 221 Å². The summed E-state index contributed by atoms with van der Waals surface area (Å²) < 4.78 is 0. The Morgan fingerprint density at radius 2 is 1.67 bits per heavy atom. The van der Waals surface area contributed by atoms with Gasteiger partial charge in [-0.25, -0.2) is 0 Å². The summed E-state index contributed by atoms with van der Waals surface area (Å²) in [5.41, 5.74) is 0.446. The van der Waals surface area contributed by atoms with Crippen molar-refractivity contribution < 1.29 is 14.7 Å². The molecule has 2 N–H and O–H groups in total. The Bertz CT molecular complexity index is 762. The third kappa shape index (κ3) is 5.59. The molecule has 0 aromatic rings. The fourth-order valence-corrected chi connectivity index (χ4v) is 9.51. The Morgan fingerprint density at radius 1 is 0.972 bits per heavy atom. The molecule has 0 aromatic carbocycles. The summed E-state index contributed by atoms with van der Waals surface area (Å²) >= 11 is 0. The van der Waals surface area contributed by atoms with E-state index in [1.165, 1.54) is 51.4 Å². The number of aliphatic hydroxyl groups is 1. The molecule has 4 rings (SSSR count). The van der Waals surface area contributed by atoms with Crippen molar-refractivity contribution in [3.05, 3.63) is 0 Å². The Morgan fingerprint density at radius 3 is 2.42 bits per heavy atom. The molecule has 4 aliphatic rings. The fraction of sp³-hybridized carbons (Fsp3) is 0.938. The SMILES string of the molecule is CCC(CC)NC(=O)CCCCCCCC1CC2CC(=O)CC[C@]2(C)[C@@H]2CC[C@]3(C)C(O)CC[C@H]3[C@H]12. The number of rotatable bonds is 11. The summed E-state index contributed by atoms with van der Waals surface area (Å²) in [7, 11) is 0. The van der Waals surface area contributed by atoms with Crippen molar-refractivity contribution in [3.8, 4) is 0 Å². The van der Waals surface area contributed by atoms with Gasteiger partial charge in [-0.1, -0.05) is 59.8 Å². The predicted molar refractivity (Wildman–Crippen MR) is 146 cm³/mol. The van der Waals surface area contributed by atoms with Crippen LogP contribution in [0.15, 0.2) is 0 Å². The van der Waals surface area contributed by atoms with Crippen molar-refractivity contribution in [2.45, 2.75) is 149 Å². The molecule has 4 fully saturated rings. The molecule has 0 spiro atoms. The third-order valence-electron chi connectivity index (χ3n) is 11.9. The van der Waals surface area contributed by atoms with Crippen LogP contribution in [0.4, 0.5) is 0 Å². The maximum absolute atomic E-state index is 12.4. The molecule has 0 heterocycles. The maximum atomic E-state index is 12.4. The smallest absolute Gasteiger partial charge is 0.220 e. The van der Waals surface area contributed by atoms with Gasteiger partial charge in [0.25, 0.3) is 0 Å². The number of aliphatic hydroxyl groups excluding tert-OH is 1. The Balaban J connectivity index is 1.30. The number of carbonyl (C=O) groups excluding carboxylic acids is 2. The minimum atomic E-state index is -0.121. The highest BCUT2D eigenvalue weighted by molar-refractivity contribution is 5.79. The molecule has 4 heteroatoms. The maximum Gasteiger partial charge on any atom is 0.220 e. The van der Waals surface area contributed by atoms with Crippen molar-refractivity contribution in [2.24, 2.45) is 40.4 Å². The molecule has 0 aromatic heterocycles. The van der Waals surface area contributed by atoms with Gasteiger partial charge >= 0.3 is 0 Å². The quantitative estimate of drug-likeness (QED) is 0.294. The number of Topliss-reactive ketones (excluding diaryl/α,β-unsaturated/α-hetero) is 1. The number of ketones is 1. The molecular weight excluding hydrogens is 446 g/mol. The van der Waals surface area contributed by atoms with Crippen LogP contribution in [0.1, 0.15) is 137 Å². The number of carbonyl (C=O) groups is 2. The normalized spacial score (nSPS) is 40.0. The van der Waals surface area contributed by atoms with Crippen LogP contribution in [0.3, 0.4) is 0 Å². The topological polar surface area (TPSA) is 66.4 Å². The van der Waals surface area contributed by atoms with E-state index in [0.29, 0.717) is 35.5 Å². The lowest BCUT2D eigenvalue weighted by atomic mass is 9.42. The van der Waals surface area contributed by atoms with Crippen molar-refractivity contribution in [1.82, 2.24) is 5.32 Å². The van der Waals surface area contributed by atoms with Gasteiger partial charge in [0.05, 0.1) is 6.10 Å². The van der Waals surface area contributed by atoms with Crippen molar-refractivity contribution in [1.29, 1.82) is 0 Å². The van der Waals surface area contributed by atoms with E-state index in [1.807, 2.05) is 0 Å². The number of amides is 1. The summed E-state index contributed by atoms with van der Waals surface area (Å²) in [5.74, 6) is 4.17. The van der Waals surface area contributed by atoms with E-state index in [0.717, 1.165) is 69.1 Å². The first-order valence-corrected chi connectivity index (χ1v) is 15.7. The van der Waals surface area contributed by atoms with Crippen molar-refractivity contribution in [2.75, 3.05) is 0 Å². The van der Waals surface area contributed by atoms with E-state index in [1.54, 1.807) is 0 Å². The van der Waals surface area contributed by atoms with Crippen molar-refractivity contribution >= 4 is 11.7 Å². The van der Waals surface area contributed by atoms with E-state index in [-0.39, 0.29) is 17.4 Å². The number of nitrogens with one attached hydrogen (secondary N) is 1. The van der Waals surface area contributed by atoms with Crippen LogP contribution < -0.4 is 5.32 Å². The molecule has 4 saturated carbocycles. The van der Waals surface area contributed by atoms with Crippen LogP contribution in [0.5, 0.6) is 0 Å². The van der Waals surface area contributed by atoms with Gasteiger partial charge in [-0.2, -0.15) is 0 Å². The van der Waals surface area contributed by atoms with Gasteiger partial charge in [-0.15, -0.1) is 0 Å². The molecule has 1 amide bonds. The van der Waals surface area contributed by atoms with Crippen LogP contribution >= 0.6 is 0 Å². The monoisotopic (exact) mass is 501 g/mol. The lowest BCUT2D eigenvalue weighted by Gasteiger charge is -2.62. The second-order valence-corrected chi connectivity index (χ2v) is 13.8. The number of hydrogen-bond donors (Lipinski definition) is 2. The van der Waals surface area contributed by atoms with Gasteiger partial charge in [0.2, 0.25) is 5.91 Å². The van der Waals surface area contributed by atoms with E-state index in [2.05, 4.69) is 33.0 Å². The standard InChI is InChI=1S/C32H55NO3/c1-5-24(6-2)33-29(36)13-11-9-7-8-10-12-22-20-23-21-25(34)16-18-31(23,3)27-17-19-32(4)26(30(22)27)14-15-28(32)35/h22-24,26-28,30,35H,5-21H2,1-4H3,(H,33,36)/t22?,23?,26-,27+,28?,30-,31-,32-/m0/s1. The van der Waals surface area contributed by atoms with Gasteiger partial charge in [0.15, 0.2) is 0 Å². The highest BCUT2D eigenvalue weighted by atomic mass is 16.3. The minimum absolute atomic E-state index is 0.113. The molecule has 0 bridgehead atoms. The van der Waals surface area contributed by atoms with Gasteiger partial charge in [-0.3, -0.25) is 9.59 Å². The first kappa shape index (κ1) is 28.1. The second kappa shape index (κ2) is 11.9. The van der Waals surface area contributed by atoms with Crippen LogP contribution in [-0.2, 0) is 9.59 Å². The summed E-state index contributed by atoms with van der Waals surface area (Å²) in [6.07, 6.45) is 18.3. The first-order valence-electron chi connectivity index (χ1n) is 15.7. The van der Waals surface area contributed by atoms with Gasteiger partial charge in [-0.05, 0) is 98.2 Å². The molecule has 206 valence electrons. The second-order valence-electron chi connectivity index (χ2n) is 13.8. The zero-order valence-electron chi connectivity index (χ0n) is 23.8. The molecule has 0 radical (unpaired) electrons. The lowest BCUT2D eigenvalue weighted by Crippen LogP contribution is -2.57. The average molecular weight is 502 g/mol. The summed E-state index contributed by atoms with van der Waals surface area (Å²) in [6, 6.07) is 0.334. The average Bonchev–Trinajstić information content (AvgIpc) is 3.16. The minimum Gasteiger partial charge on any atom is -0.393 e. The van der Waals surface area contributed by atoms with E-state index < -0.39 is 0 Å². The number of unbranched alkanes of at least 4 members (excludes halogenated alkanes) is 4. The highest BCUT2D eigenvalue weighted by Crippen LogP contribution is 2.67. The summed E-state index contributed by atoms with van der Waals surface area (Å²) in [4.78, 5) is 24.6. The molecule has 36 heavy (non-hydrogen) atoms. The third-order valence-corrected chi connectivity index (χ3v) is 11.9. The number of hydrogen-bond acceptors (Lipinski definition) is 3. The molecule has 0 aliphatic heterocycles. The van der Waals surface area contributed by atoms with Crippen LogP contribution in [0, 0.1) is 40.4 Å². The zero-order valence-corrected chi connectivity index (χ0v) is 23.8. The predicted octanol–water partition coefficient (Wildman–Crippen LogP) is 7.22. The molecule has 3 unspecified atom stereocenters. The number of fused-ring (bicyclic) bond motifs is 5. The van der Waals surface area contributed by atoms with E-state index in [9.17, 15) is 14.7 Å². The van der Waals surface area contributed by atoms with E-state index >= 15 is 0 Å². The molecule has 4 aliphatic carbocycles. The zero-order chi connectivity index (χ0) is 25.9. The fourth-order valence-electron chi connectivity index (χ4n) is 9.51. The van der Waals surface area contributed by atoms with Crippen LogP contribution in [0.2, 0.25) is 0 Å². The Kier molecular flexibility index (Phi) is 9.27. The van der Waals surface area contributed by atoms with Crippen LogP contribution in [0.25, 0.3) is 0 Å². The summed E-state index contributed by atoms with van der Waals surface area (Å²) in [5, 5.41) is 14.1. The van der Waals surface area contributed by atoms with Crippen molar-refractivity contribution in [3.63, 3.8) is 0 Å². The lowest BCUT2D eigenvalue weighted by molar-refractivity contribution is -0.156. The Hall–Kier alpha value is -0.900. The van der Waals surface area contributed by atoms with E-state index in [4.69, 9.17) is 0 Å². The molecular formula is C32H55NO3. The van der Waals surface area contributed by atoms with Gasteiger partial charge in [0.1, 0.15) is 5.78 Å². The summed E-state index contributed by atoms with van der Waals surface area (Å²) in [6.45, 7) is 9.20. The van der Waals surface area contributed by atoms with Gasteiger partial charge < -0.3 is 10.4 Å². The largest absolute Gasteiger partial charge is 0.393 e. The van der Waals surface area contributed by atoms with Crippen LogP contribution in [-0.4, -0.2) is 28.9 Å².